The maximum atomic E-state index is 12.1. The first-order chi connectivity index (χ1) is 11.6. The van der Waals surface area contributed by atoms with Crippen molar-refractivity contribution in [2.75, 3.05) is 18.5 Å². The normalized spacial score (nSPS) is 10.6. The van der Waals surface area contributed by atoms with E-state index < -0.39 is 0 Å². The van der Waals surface area contributed by atoms with Crippen molar-refractivity contribution in [1.29, 1.82) is 0 Å². The maximum absolute atomic E-state index is 12.1. The number of amides is 1. The van der Waals surface area contributed by atoms with Gasteiger partial charge in [0.15, 0.2) is 0 Å². The van der Waals surface area contributed by atoms with Crippen molar-refractivity contribution in [2.24, 2.45) is 0 Å². The molecular formula is C17H19N5OS. The van der Waals surface area contributed by atoms with Gasteiger partial charge >= 0.3 is 0 Å². The topological polar surface area (TPSA) is 63.1 Å². The van der Waals surface area contributed by atoms with Crippen molar-refractivity contribution in [1.82, 2.24) is 20.1 Å². The summed E-state index contributed by atoms with van der Waals surface area (Å²) in [6.07, 6.45) is 3.83. The van der Waals surface area contributed by atoms with Crippen molar-refractivity contribution >= 4 is 22.4 Å². The highest BCUT2D eigenvalue weighted by molar-refractivity contribution is 7.17. The van der Waals surface area contributed by atoms with Crippen LogP contribution < -0.4 is 10.2 Å². The van der Waals surface area contributed by atoms with Crippen LogP contribution in [-0.4, -0.2) is 34.3 Å². The average Bonchev–Trinajstić information content (AvgIpc) is 3.24. The van der Waals surface area contributed by atoms with Gasteiger partial charge in [-0.15, -0.1) is 10.2 Å². The third-order valence-corrected chi connectivity index (χ3v) is 4.56. The Labute approximate surface area is 144 Å². The van der Waals surface area contributed by atoms with Gasteiger partial charge in [0.1, 0.15) is 0 Å². The second kappa shape index (κ2) is 7.27. The summed E-state index contributed by atoms with van der Waals surface area (Å²) in [5.41, 5.74) is 2.28. The number of benzene rings is 1. The van der Waals surface area contributed by atoms with E-state index in [0.717, 1.165) is 10.7 Å². The lowest BCUT2D eigenvalue weighted by molar-refractivity contribution is -0.119. The van der Waals surface area contributed by atoms with Crippen molar-refractivity contribution in [2.45, 2.75) is 13.5 Å². The molecule has 0 fully saturated rings. The molecule has 1 N–H and O–H groups in total. The molecule has 6 nitrogen and oxygen atoms in total. The molecular weight excluding hydrogens is 322 g/mol. The lowest BCUT2D eigenvalue weighted by Crippen LogP contribution is -2.34. The molecule has 3 aromatic rings. The number of rotatable bonds is 6. The highest BCUT2D eigenvalue weighted by atomic mass is 32.1. The number of likely N-dealkylation sites (N-methyl/N-ethyl adjacent to an activating group) is 1. The van der Waals surface area contributed by atoms with Gasteiger partial charge in [0.25, 0.3) is 0 Å². The third kappa shape index (κ3) is 3.99. The Morgan fingerprint density at radius 2 is 2.04 bits per heavy atom. The zero-order valence-corrected chi connectivity index (χ0v) is 14.5. The number of nitrogens with one attached hydrogen (secondary N) is 1. The third-order valence-electron chi connectivity index (χ3n) is 3.51. The van der Waals surface area contributed by atoms with Gasteiger partial charge in [-0.25, -0.2) is 0 Å². The molecule has 7 heteroatoms. The fourth-order valence-corrected chi connectivity index (χ4v) is 3.06. The van der Waals surface area contributed by atoms with Crippen LogP contribution in [0.4, 0.5) is 5.13 Å². The van der Waals surface area contributed by atoms with Gasteiger partial charge in [0.05, 0.1) is 6.54 Å². The Kier molecular flexibility index (Phi) is 4.90. The molecule has 24 heavy (non-hydrogen) atoms. The number of anilines is 1. The standard InChI is InChI=1S/C17H19N5OS/c1-13-6-5-7-14(10-13)11-18-15(23)12-21(2)16-19-20-17(24-16)22-8-3-4-9-22/h3-10H,11-12H2,1-2H3,(H,18,23). The average molecular weight is 341 g/mol. The summed E-state index contributed by atoms with van der Waals surface area (Å²) < 4.78 is 1.90. The second-order valence-electron chi connectivity index (χ2n) is 5.58. The first kappa shape index (κ1) is 16.2. The Morgan fingerprint density at radius 1 is 1.25 bits per heavy atom. The minimum atomic E-state index is -0.0447. The van der Waals surface area contributed by atoms with E-state index >= 15 is 0 Å². The Morgan fingerprint density at radius 3 is 2.79 bits per heavy atom. The molecule has 0 radical (unpaired) electrons. The van der Waals surface area contributed by atoms with Crippen molar-refractivity contribution in [3.05, 3.63) is 59.9 Å². The maximum Gasteiger partial charge on any atom is 0.239 e. The van der Waals surface area contributed by atoms with Gasteiger partial charge in [-0.3, -0.25) is 9.36 Å². The zero-order valence-electron chi connectivity index (χ0n) is 13.6. The molecule has 0 aliphatic rings. The number of hydrogen-bond donors (Lipinski definition) is 1. The van der Waals surface area contributed by atoms with Crippen LogP contribution in [0.3, 0.4) is 0 Å². The van der Waals surface area contributed by atoms with E-state index in [-0.39, 0.29) is 12.5 Å². The van der Waals surface area contributed by atoms with Gasteiger partial charge in [-0.05, 0) is 24.6 Å². The van der Waals surface area contributed by atoms with Gasteiger partial charge in [0, 0.05) is 26.0 Å². The van der Waals surface area contributed by atoms with Crippen LogP contribution in [0.25, 0.3) is 5.13 Å². The van der Waals surface area contributed by atoms with Crippen molar-refractivity contribution in [3.63, 3.8) is 0 Å². The lowest BCUT2D eigenvalue weighted by Gasteiger charge is -2.14. The molecule has 0 aliphatic heterocycles. The summed E-state index contributed by atoms with van der Waals surface area (Å²) in [7, 11) is 1.84. The van der Waals surface area contributed by atoms with E-state index in [4.69, 9.17) is 0 Å². The first-order valence-electron chi connectivity index (χ1n) is 7.62. The molecule has 1 amide bonds. The van der Waals surface area contributed by atoms with Gasteiger partial charge < -0.3 is 10.2 Å². The largest absolute Gasteiger partial charge is 0.350 e. The molecule has 124 valence electrons. The highest BCUT2D eigenvalue weighted by Gasteiger charge is 2.13. The Hall–Kier alpha value is -2.67. The van der Waals surface area contributed by atoms with E-state index in [2.05, 4.69) is 21.6 Å². The molecule has 0 unspecified atom stereocenters. The van der Waals surface area contributed by atoms with Crippen LogP contribution in [0, 0.1) is 6.92 Å². The minimum absolute atomic E-state index is 0.0447. The predicted molar refractivity (Wildman–Crippen MR) is 95.5 cm³/mol. The second-order valence-corrected chi connectivity index (χ2v) is 6.51. The molecule has 0 atom stereocenters. The summed E-state index contributed by atoms with van der Waals surface area (Å²) in [4.78, 5) is 13.9. The smallest absolute Gasteiger partial charge is 0.239 e. The molecule has 0 spiro atoms. The number of carbonyl (C=O) groups excluding carboxylic acids is 1. The molecule has 1 aromatic carbocycles. The SMILES string of the molecule is Cc1cccc(CNC(=O)CN(C)c2nnc(-n3cccc3)s2)c1. The molecule has 0 saturated carbocycles. The van der Waals surface area contributed by atoms with Gasteiger partial charge in [0.2, 0.25) is 16.2 Å². The molecule has 0 bridgehead atoms. The van der Waals surface area contributed by atoms with Gasteiger partial charge in [-0.2, -0.15) is 0 Å². The number of carbonyl (C=O) groups is 1. The number of nitrogens with zero attached hydrogens (tertiary/aromatic N) is 4. The van der Waals surface area contributed by atoms with Crippen LogP contribution >= 0.6 is 11.3 Å². The summed E-state index contributed by atoms with van der Waals surface area (Å²) in [6, 6.07) is 12.0. The Bertz CT molecular complexity index is 812. The van der Waals surface area contributed by atoms with Crippen LogP contribution in [0.5, 0.6) is 0 Å². The monoisotopic (exact) mass is 341 g/mol. The zero-order chi connectivity index (χ0) is 16.9. The van der Waals surface area contributed by atoms with Gasteiger partial charge in [-0.1, -0.05) is 41.2 Å². The van der Waals surface area contributed by atoms with E-state index in [1.54, 1.807) is 4.90 Å². The number of hydrogen-bond acceptors (Lipinski definition) is 5. The van der Waals surface area contributed by atoms with E-state index in [0.29, 0.717) is 11.7 Å². The Balaban J connectivity index is 1.54. The quantitative estimate of drug-likeness (QED) is 0.748. The molecule has 0 saturated heterocycles. The highest BCUT2D eigenvalue weighted by Crippen LogP contribution is 2.21. The summed E-state index contributed by atoms with van der Waals surface area (Å²) in [5.74, 6) is -0.0447. The van der Waals surface area contributed by atoms with Crippen molar-refractivity contribution < 1.29 is 4.79 Å². The molecule has 2 aromatic heterocycles. The lowest BCUT2D eigenvalue weighted by atomic mass is 10.1. The van der Waals surface area contributed by atoms with Crippen molar-refractivity contribution in [3.8, 4) is 5.13 Å². The summed E-state index contributed by atoms with van der Waals surface area (Å²) in [6.45, 7) is 2.81. The van der Waals surface area contributed by atoms with Crippen LogP contribution in [0.2, 0.25) is 0 Å². The van der Waals surface area contributed by atoms with Crippen LogP contribution in [0.1, 0.15) is 11.1 Å². The predicted octanol–water partition coefficient (Wildman–Crippen LogP) is 2.39. The molecule has 3 rings (SSSR count). The van der Waals surface area contributed by atoms with Crippen LogP contribution in [0.15, 0.2) is 48.8 Å². The van der Waals surface area contributed by atoms with Crippen LogP contribution in [-0.2, 0) is 11.3 Å². The van der Waals surface area contributed by atoms with E-state index in [1.165, 1.54) is 16.9 Å². The summed E-state index contributed by atoms with van der Waals surface area (Å²) in [5, 5.41) is 12.7. The fourth-order valence-electron chi connectivity index (χ4n) is 2.29. The number of aryl methyl sites for hydroxylation is 1. The van der Waals surface area contributed by atoms with E-state index in [9.17, 15) is 4.79 Å². The first-order valence-corrected chi connectivity index (χ1v) is 8.44. The summed E-state index contributed by atoms with van der Waals surface area (Å²) >= 11 is 1.44. The molecule has 2 heterocycles. The molecule has 0 aliphatic carbocycles. The number of aromatic nitrogens is 3. The minimum Gasteiger partial charge on any atom is -0.350 e. The van der Waals surface area contributed by atoms with E-state index in [1.807, 2.05) is 61.3 Å². The fraction of sp³-hybridized carbons (Fsp3) is 0.235.